The normalized spacial score (nSPS) is 19.9. The molecule has 2 nitrogen and oxygen atoms in total. The highest BCUT2D eigenvalue weighted by Crippen LogP contribution is 2.27. The summed E-state index contributed by atoms with van der Waals surface area (Å²) in [6.07, 6.45) is 6.81. The molecule has 80 valence electrons. The first kappa shape index (κ1) is 10.1. The fraction of sp³-hybridized carbons (Fsp3) is 0.385. The Morgan fingerprint density at radius 3 is 3.07 bits per heavy atom. The Morgan fingerprint density at radius 2 is 2.33 bits per heavy atom. The summed E-state index contributed by atoms with van der Waals surface area (Å²) in [4.78, 5) is 0. The molecule has 0 radical (unpaired) electrons. The Bertz CT molecular complexity index is 383. The van der Waals surface area contributed by atoms with Gasteiger partial charge in [0.2, 0.25) is 0 Å². The van der Waals surface area contributed by atoms with Crippen molar-refractivity contribution >= 4 is 0 Å². The van der Waals surface area contributed by atoms with E-state index in [1.54, 1.807) is 0 Å². The molecule has 1 heterocycles. The lowest BCUT2D eigenvalue weighted by Crippen LogP contribution is -2.26. The number of hydrogen-bond acceptors (Lipinski definition) is 2. The molecule has 0 bridgehead atoms. The van der Waals surface area contributed by atoms with Crippen LogP contribution in [0.2, 0.25) is 0 Å². The van der Waals surface area contributed by atoms with Crippen molar-refractivity contribution in [1.29, 1.82) is 0 Å². The predicted octanol–water partition coefficient (Wildman–Crippen LogP) is 2.59. The molecule has 0 aromatic heterocycles. The van der Waals surface area contributed by atoms with Crippen LogP contribution in [0.3, 0.4) is 0 Å². The molecule has 15 heavy (non-hydrogen) atoms. The van der Waals surface area contributed by atoms with Crippen LogP contribution in [-0.4, -0.2) is 6.54 Å². The third-order valence-electron chi connectivity index (χ3n) is 2.76. The number of allylic oxidation sites excluding steroid dienone is 5. The third kappa shape index (κ3) is 2.14. The molecular weight excluding hydrogens is 184 g/mol. The Hall–Kier alpha value is -1.44. The first-order chi connectivity index (χ1) is 7.16. The van der Waals surface area contributed by atoms with Gasteiger partial charge in [-0.05, 0) is 43.9 Å². The van der Waals surface area contributed by atoms with Crippen molar-refractivity contribution in [2.45, 2.75) is 26.7 Å². The fourth-order valence-electron chi connectivity index (χ4n) is 2.08. The van der Waals surface area contributed by atoms with Gasteiger partial charge in [0.25, 0.3) is 0 Å². The summed E-state index contributed by atoms with van der Waals surface area (Å²) in [5.74, 6) is 0. The minimum absolute atomic E-state index is 0.934. The van der Waals surface area contributed by atoms with Crippen molar-refractivity contribution in [3.8, 4) is 0 Å². The van der Waals surface area contributed by atoms with Crippen molar-refractivity contribution in [3.63, 3.8) is 0 Å². The van der Waals surface area contributed by atoms with Gasteiger partial charge in [0, 0.05) is 23.6 Å². The molecule has 1 aliphatic heterocycles. The van der Waals surface area contributed by atoms with E-state index in [-0.39, 0.29) is 0 Å². The highest BCUT2D eigenvalue weighted by Gasteiger charge is 2.17. The van der Waals surface area contributed by atoms with E-state index < -0.39 is 0 Å². The van der Waals surface area contributed by atoms with Gasteiger partial charge in [-0.1, -0.05) is 12.7 Å². The van der Waals surface area contributed by atoms with Crippen LogP contribution in [0.25, 0.3) is 0 Å². The number of nitrogens with one attached hydrogen (secondary N) is 2. The van der Waals surface area contributed by atoms with Crippen LogP contribution in [0.15, 0.2) is 47.0 Å². The molecule has 0 aromatic carbocycles. The zero-order valence-electron chi connectivity index (χ0n) is 9.48. The second-order valence-electron chi connectivity index (χ2n) is 4.25. The molecule has 0 saturated carbocycles. The quantitative estimate of drug-likeness (QED) is 0.719. The summed E-state index contributed by atoms with van der Waals surface area (Å²) in [7, 11) is 0. The van der Waals surface area contributed by atoms with E-state index >= 15 is 0 Å². The van der Waals surface area contributed by atoms with Crippen LogP contribution in [0.1, 0.15) is 26.7 Å². The van der Waals surface area contributed by atoms with Crippen LogP contribution in [0, 0.1) is 0 Å². The van der Waals surface area contributed by atoms with Gasteiger partial charge >= 0.3 is 0 Å². The molecule has 2 aliphatic rings. The second kappa shape index (κ2) is 3.97. The van der Waals surface area contributed by atoms with Crippen molar-refractivity contribution in [2.24, 2.45) is 0 Å². The Morgan fingerprint density at radius 1 is 1.53 bits per heavy atom. The van der Waals surface area contributed by atoms with Gasteiger partial charge < -0.3 is 10.6 Å². The molecule has 0 amide bonds. The minimum atomic E-state index is 0.934. The van der Waals surface area contributed by atoms with Crippen molar-refractivity contribution < 1.29 is 0 Å². The summed E-state index contributed by atoms with van der Waals surface area (Å²) in [6, 6.07) is 0. The third-order valence-corrected chi connectivity index (χ3v) is 2.76. The van der Waals surface area contributed by atoms with Crippen LogP contribution in [0.4, 0.5) is 0 Å². The minimum Gasteiger partial charge on any atom is -0.384 e. The lowest BCUT2D eigenvalue weighted by molar-refractivity contribution is 0.777. The standard InChI is InChI=1S/C13H18N2/c1-9(2)15-13-6-4-5-11-7-10(3)14-8-12(11)13/h6-7,14-15H,1,4-5,8H2,2-3H3. The monoisotopic (exact) mass is 202 g/mol. The number of hydrogen-bond donors (Lipinski definition) is 2. The maximum absolute atomic E-state index is 3.89. The van der Waals surface area contributed by atoms with Crippen LogP contribution in [0.5, 0.6) is 0 Å². The van der Waals surface area contributed by atoms with Gasteiger partial charge in [-0.3, -0.25) is 0 Å². The fourth-order valence-corrected chi connectivity index (χ4v) is 2.08. The van der Waals surface area contributed by atoms with E-state index in [2.05, 4.69) is 36.3 Å². The molecule has 2 heteroatoms. The van der Waals surface area contributed by atoms with Gasteiger partial charge in [-0.2, -0.15) is 0 Å². The molecular formula is C13H18N2. The first-order valence-electron chi connectivity index (χ1n) is 5.44. The van der Waals surface area contributed by atoms with Crippen LogP contribution in [-0.2, 0) is 0 Å². The molecule has 0 saturated heterocycles. The van der Waals surface area contributed by atoms with Crippen molar-refractivity contribution in [2.75, 3.05) is 6.54 Å². The van der Waals surface area contributed by atoms with Crippen LogP contribution < -0.4 is 10.6 Å². The number of dihydropyridines is 1. The van der Waals surface area contributed by atoms with E-state index in [1.165, 1.54) is 22.5 Å². The van der Waals surface area contributed by atoms with Crippen molar-refractivity contribution in [3.05, 3.63) is 47.0 Å². The maximum atomic E-state index is 3.89. The van der Waals surface area contributed by atoms with E-state index in [4.69, 9.17) is 0 Å². The van der Waals surface area contributed by atoms with E-state index in [9.17, 15) is 0 Å². The summed E-state index contributed by atoms with van der Waals surface area (Å²) < 4.78 is 0. The molecule has 0 aromatic rings. The predicted molar refractivity (Wildman–Crippen MR) is 64.1 cm³/mol. The van der Waals surface area contributed by atoms with Gasteiger partial charge in [0.05, 0.1) is 0 Å². The topological polar surface area (TPSA) is 24.1 Å². The molecule has 0 unspecified atom stereocenters. The SMILES string of the molecule is C=C(C)NC1=CCCC2=C1CNC(C)=C2. The number of rotatable bonds is 2. The lowest BCUT2D eigenvalue weighted by atomic mass is 9.92. The van der Waals surface area contributed by atoms with Crippen LogP contribution >= 0.6 is 0 Å². The molecule has 2 rings (SSSR count). The van der Waals surface area contributed by atoms with Gasteiger partial charge in [0.15, 0.2) is 0 Å². The average Bonchev–Trinajstić information content (AvgIpc) is 2.16. The zero-order chi connectivity index (χ0) is 10.8. The van der Waals surface area contributed by atoms with E-state index in [1.807, 2.05) is 6.92 Å². The highest BCUT2D eigenvalue weighted by molar-refractivity contribution is 5.47. The summed E-state index contributed by atoms with van der Waals surface area (Å²) in [6.45, 7) is 8.94. The van der Waals surface area contributed by atoms with Gasteiger partial charge in [-0.15, -0.1) is 0 Å². The highest BCUT2D eigenvalue weighted by atomic mass is 14.9. The van der Waals surface area contributed by atoms with Gasteiger partial charge in [-0.25, -0.2) is 0 Å². The zero-order valence-corrected chi connectivity index (χ0v) is 9.48. The second-order valence-corrected chi connectivity index (χ2v) is 4.25. The van der Waals surface area contributed by atoms with Crippen molar-refractivity contribution in [1.82, 2.24) is 10.6 Å². The average molecular weight is 202 g/mol. The molecule has 0 atom stereocenters. The molecule has 0 spiro atoms. The summed E-state index contributed by atoms with van der Waals surface area (Å²) in [5.41, 5.74) is 6.37. The molecule has 0 fully saturated rings. The largest absolute Gasteiger partial charge is 0.384 e. The Labute approximate surface area is 91.4 Å². The summed E-state index contributed by atoms with van der Waals surface area (Å²) >= 11 is 0. The molecule has 2 N–H and O–H groups in total. The first-order valence-corrected chi connectivity index (χ1v) is 5.44. The maximum Gasteiger partial charge on any atom is 0.0420 e. The van der Waals surface area contributed by atoms with Gasteiger partial charge in [0.1, 0.15) is 0 Å². The Balaban J connectivity index is 2.27. The lowest BCUT2D eigenvalue weighted by Gasteiger charge is -2.26. The Kier molecular flexibility index (Phi) is 2.67. The van der Waals surface area contributed by atoms with E-state index in [0.29, 0.717) is 0 Å². The molecule has 1 aliphatic carbocycles. The van der Waals surface area contributed by atoms with E-state index in [0.717, 1.165) is 25.1 Å². The smallest absolute Gasteiger partial charge is 0.0420 e. The summed E-state index contributed by atoms with van der Waals surface area (Å²) in [5, 5.41) is 6.71.